The average Bonchev–Trinajstić information content (AvgIpc) is 0.811. The molecule has 0 unspecified atom stereocenters. The first-order chi connectivity index (χ1) is 1.73. The second-order valence-electron chi connectivity index (χ2n) is 0.250. The van der Waals surface area contributed by atoms with Gasteiger partial charge in [0.15, 0.2) is 0 Å². The number of carbonyl (C=O) groups is 1. The van der Waals surface area contributed by atoms with Crippen molar-refractivity contribution >= 4 is 43.9 Å². The number of carbonyl (C=O) groups excluding carboxylic acids is 1. The first-order valence-electron chi connectivity index (χ1n) is 0.612. The van der Waals surface area contributed by atoms with Crippen LogP contribution in [0.15, 0.2) is 0 Å². The molecule has 5 heteroatoms. The summed E-state index contributed by atoms with van der Waals surface area (Å²) < 4.78 is 0. The Morgan fingerprint density at radius 2 is 1.33 bits per heavy atom. The molecule has 0 aliphatic heterocycles. The van der Waals surface area contributed by atoms with E-state index in [1.54, 1.807) is 0 Å². The van der Waals surface area contributed by atoms with Gasteiger partial charge in [-0.2, -0.15) is 0 Å². The SMILES string of the molecule is O=C([O-])[O-].[Ar].[Ca+2]. The molecular formula is CArCaO3. The van der Waals surface area contributed by atoms with Crippen LogP contribution in [0.3, 0.4) is 0 Å². The molecule has 0 rings (SSSR count). The minimum Gasteiger partial charge on any atom is -0.652 e. The molecule has 0 aliphatic rings. The molecule has 0 heterocycles. The van der Waals surface area contributed by atoms with Crippen molar-refractivity contribution < 1.29 is 52.7 Å². The largest absolute Gasteiger partial charge is 2.00 e. The van der Waals surface area contributed by atoms with E-state index < -0.39 is 6.16 Å². The molecule has 0 saturated heterocycles. The van der Waals surface area contributed by atoms with Gasteiger partial charge in [0.05, 0.1) is 0 Å². The zero-order valence-corrected chi connectivity index (χ0v) is 5.70. The van der Waals surface area contributed by atoms with Crippen LogP contribution >= 0.6 is 0 Å². The number of hydrogen-bond acceptors (Lipinski definition) is 3. The number of rotatable bonds is 0. The van der Waals surface area contributed by atoms with E-state index in [1.165, 1.54) is 0 Å². The second kappa shape index (κ2) is 9.92. The molecule has 0 spiro atoms. The van der Waals surface area contributed by atoms with Crippen LogP contribution in [0, 0.1) is 37.7 Å². The Hall–Kier alpha value is 1.79. The normalized spacial score (nSPS) is 4.00. The molecule has 0 atom stereocenters. The summed E-state index contributed by atoms with van der Waals surface area (Å²) in [5.41, 5.74) is 0. The maximum atomic E-state index is 8.33. The van der Waals surface area contributed by atoms with Gasteiger partial charge in [0.1, 0.15) is 0 Å². The first-order valence-corrected chi connectivity index (χ1v) is 0.612. The molecule has 0 aliphatic carbocycles. The van der Waals surface area contributed by atoms with E-state index in [-0.39, 0.29) is 75.5 Å². The molecule has 32 valence electrons. The molecule has 0 fully saturated rings. The molecule has 0 N–H and O–H groups in total. The van der Waals surface area contributed by atoms with E-state index in [2.05, 4.69) is 0 Å². The molecule has 0 aromatic carbocycles. The van der Waals surface area contributed by atoms with Crippen LogP contribution in [0.1, 0.15) is 0 Å². The molecule has 0 saturated carbocycles. The van der Waals surface area contributed by atoms with Gasteiger partial charge in [-0.05, 0) is 6.16 Å². The average molecular weight is 140 g/mol. The molecule has 0 amide bonds. The standard InChI is InChI=1S/CH2O3.Ar.Ca/c2-1(3)4;;/h(H2,2,3,4);;/q;;+2/p-2. The Morgan fingerprint density at radius 1 is 1.33 bits per heavy atom. The summed E-state index contributed by atoms with van der Waals surface area (Å²) in [6.45, 7) is 0. The topological polar surface area (TPSA) is 63.2 Å². The summed E-state index contributed by atoms with van der Waals surface area (Å²) in [6.07, 6.45) is -2.33. The minimum atomic E-state index is -2.33. The quantitative estimate of drug-likeness (QED) is 0.341. The van der Waals surface area contributed by atoms with Crippen molar-refractivity contribution in [2.45, 2.75) is 0 Å². The fraction of sp³-hybridized carbons (Fsp3) is 0. The minimum absolute atomic E-state index is 0. The summed E-state index contributed by atoms with van der Waals surface area (Å²) in [5, 5.41) is 16.7. The van der Waals surface area contributed by atoms with Crippen LogP contribution in [0.4, 0.5) is 4.79 Å². The predicted molar refractivity (Wildman–Crippen MR) is 11.1 cm³/mol. The predicted octanol–water partition coefficient (Wildman–Crippen LogP) is -2.83. The second-order valence-corrected chi connectivity index (χ2v) is 0.250. The third-order valence-electron chi connectivity index (χ3n) is 0. The van der Waals surface area contributed by atoms with E-state index >= 15 is 0 Å². The summed E-state index contributed by atoms with van der Waals surface area (Å²) >= 11 is 0. The molecule has 0 aromatic heterocycles. The number of hydrogen-bond donors (Lipinski definition) is 0. The van der Waals surface area contributed by atoms with Crippen LogP contribution in [-0.4, -0.2) is 43.9 Å². The summed E-state index contributed by atoms with van der Waals surface area (Å²) in [5.74, 6) is 0. The third-order valence-corrected chi connectivity index (χ3v) is 0. The molecule has 0 radical (unpaired) electrons. The van der Waals surface area contributed by atoms with Crippen LogP contribution in [0.2, 0.25) is 0 Å². The Bertz CT molecular complexity index is 33.8. The van der Waals surface area contributed by atoms with Crippen LogP contribution in [-0.2, 0) is 0 Å². The summed E-state index contributed by atoms with van der Waals surface area (Å²) in [7, 11) is 0. The van der Waals surface area contributed by atoms with E-state index in [0.717, 1.165) is 0 Å². The van der Waals surface area contributed by atoms with Crippen molar-refractivity contribution in [1.29, 1.82) is 0 Å². The van der Waals surface area contributed by atoms with Gasteiger partial charge in [-0.25, -0.2) is 0 Å². The van der Waals surface area contributed by atoms with E-state index in [9.17, 15) is 0 Å². The summed E-state index contributed by atoms with van der Waals surface area (Å²) in [6, 6.07) is 0. The van der Waals surface area contributed by atoms with Gasteiger partial charge in [0, 0.05) is 37.7 Å². The molecule has 6 heavy (non-hydrogen) atoms. The Kier molecular flexibility index (Phi) is 25.9. The van der Waals surface area contributed by atoms with E-state index in [0.29, 0.717) is 0 Å². The number of carboxylic acid groups (broad SMARTS) is 2. The van der Waals surface area contributed by atoms with Gasteiger partial charge >= 0.3 is 37.7 Å². The zero-order chi connectivity index (χ0) is 3.58. The van der Waals surface area contributed by atoms with Gasteiger partial charge in [0.25, 0.3) is 0 Å². The first kappa shape index (κ1) is 15.7. The third kappa shape index (κ3) is 41.5. The van der Waals surface area contributed by atoms with E-state index in [4.69, 9.17) is 15.0 Å². The molecule has 0 aromatic rings. The van der Waals surface area contributed by atoms with Crippen molar-refractivity contribution in [3.8, 4) is 0 Å². The van der Waals surface area contributed by atoms with Crippen molar-refractivity contribution in [2.75, 3.05) is 0 Å². The zero-order valence-electron chi connectivity index (χ0n) is 2.79. The van der Waals surface area contributed by atoms with Crippen LogP contribution in [0.25, 0.3) is 0 Å². The molecule has 3 nitrogen and oxygen atoms in total. The van der Waals surface area contributed by atoms with Gasteiger partial charge in [-0.3, -0.25) is 0 Å². The van der Waals surface area contributed by atoms with E-state index in [1.807, 2.05) is 0 Å². The van der Waals surface area contributed by atoms with Crippen molar-refractivity contribution in [2.24, 2.45) is 0 Å². The van der Waals surface area contributed by atoms with Crippen molar-refractivity contribution in [3.63, 3.8) is 0 Å². The smallest absolute Gasteiger partial charge is 0.652 e. The van der Waals surface area contributed by atoms with Crippen molar-refractivity contribution in [3.05, 3.63) is 0 Å². The Balaban J connectivity index is -0.0000000450. The van der Waals surface area contributed by atoms with Gasteiger partial charge < -0.3 is 15.0 Å². The van der Waals surface area contributed by atoms with Crippen molar-refractivity contribution in [1.82, 2.24) is 0 Å². The maximum absolute atomic E-state index is 8.33. The van der Waals surface area contributed by atoms with Crippen LogP contribution < -0.4 is 10.2 Å². The van der Waals surface area contributed by atoms with Gasteiger partial charge in [-0.15, -0.1) is 0 Å². The fourth-order valence-corrected chi connectivity index (χ4v) is 0. The molecule has 0 bridgehead atoms. The van der Waals surface area contributed by atoms with Gasteiger partial charge in [0.2, 0.25) is 0 Å². The maximum Gasteiger partial charge on any atom is 2.00 e. The fourth-order valence-electron chi connectivity index (χ4n) is 0. The van der Waals surface area contributed by atoms with Gasteiger partial charge in [-0.1, -0.05) is 0 Å². The Labute approximate surface area is 94.7 Å². The Morgan fingerprint density at radius 3 is 1.33 bits per heavy atom. The summed E-state index contributed by atoms with van der Waals surface area (Å²) in [4.78, 5) is 8.33. The van der Waals surface area contributed by atoms with Crippen LogP contribution in [0.5, 0.6) is 0 Å². The molecular weight excluding hydrogens is 140 g/mol. The monoisotopic (exact) mass is 140 g/mol.